The first-order valence-corrected chi connectivity index (χ1v) is 8.50. The second-order valence-corrected chi connectivity index (χ2v) is 6.65. The van der Waals surface area contributed by atoms with E-state index in [0.29, 0.717) is 6.54 Å². The van der Waals surface area contributed by atoms with Crippen molar-refractivity contribution < 1.29 is 4.74 Å². The lowest BCUT2D eigenvalue weighted by molar-refractivity contribution is 0.416. The van der Waals surface area contributed by atoms with E-state index >= 15 is 0 Å². The number of methoxy groups -OCH3 is 1. The van der Waals surface area contributed by atoms with Crippen molar-refractivity contribution in [2.75, 3.05) is 13.7 Å². The normalized spacial score (nSPS) is 13.7. The van der Waals surface area contributed by atoms with Crippen LogP contribution < -0.4 is 10.5 Å². The van der Waals surface area contributed by atoms with Crippen LogP contribution in [0.5, 0.6) is 5.75 Å². The lowest BCUT2D eigenvalue weighted by Gasteiger charge is -2.09. The van der Waals surface area contributed by atoms with Crippen LogP contribution in [0.15, 0.2) is 24.3 Å². The Morgan fingerprint density at radius 1 is 1.32 bits per heavy atom. The Morgan fingerprint density at radius 3 is 3.00 bits per heavy atom. The number of hydrogen-bond donors (Lipinski definition) is 1. The summed E-state index contributed by atoms with van der Waals surface area (Å²) in [6.07, 6.45) is 4.42. The topological polar surface area (TPSA) is 52.5 Å². The van der Waals surface area contributed by atoms with E-state index in [1.54, 1.807) is 7.11 Å². The van der Waals surface area contributed by atoms with Gasteiger partial charge in [0.15, 0.2) is 4.96 Å². The molecule has 0 fully saturated rings. The van der Waals surface area contributed by atoms with Gasteiger partial charge in [-0.15, -0.1) is 11.3 Å². The van der Waals surface area contributed by atoms with Gasteiger partial charge in [-0.05, 0) is 37.9 Å². The molecule has 0 saturated heterocycles. The summed E-state index contributed by atoms with van der Waals surface area (Å²) in [7, 11) is 1.71. The number of aryl methyl sites for hydroxylation is 2. The largest absolute Gasteiger partial charge is 0.496 e. The van der Waals surface area contributed by atoms with E-state index in [9.17, 15) is 0 Å². The average molecular weight is 313 g/mol. The molecule has 0 amide bonds. The van der Waals surface area contributed by atoms with Crippen LogP contribution in [-0.2, 0) is 19.3 Å². The molecule has 114 valence electrons. The van der Waals surface area contributed by atoms with E-state index in [2.05, 4.69) is 10.5 Å². The van der Waals surface area contributed by atoms with Gasteiger partial charge < -0.3 is 10.5 Å². The van der Waals surface area contributed by atoms with Crippen LogP contribution in [-0.4, -0.2) is 23.0 Å². The zero-order valence-electron chi connectivity index (χ0n) is 12.6. The maximum Gasteiger partial charge on any atom is 0.194 e. The lowest BCUT2D eigenvalue weighted by atomic mass is 10.1. The van der Waals surface area contributed by atoms with Crippen LogP contribution in [0.1, 0.15) is 22.7 Å². The van der Waals surface area contributed by atoms with Crippen LogP contribution >= 0.6 is 11.3 Å². The summed E-state index contributed by atoms with van der Waals surface area (Å²) in [5, 5.41) is 0. The van der Waals surface area contributed by atoms with Gasteiger partial charge >= 0.3 is 0 Å². The first kappa shape index (κ1) is 13.8. The standard InChI is InChI=1S/C17H19N3OS/c1-21-14-7-3-2-5-11(14)16-13(9-10-18)20-12-6-4-8-15(12)22-17(20)19-16/h2-3,5,7H,4,6,8-10,18H2,1H3. The number of fused-ring (bicyclic) bond motifs is 3. The third-order valence-electron chi connectivity index (χ3n) is 4.31. The first-order chi connectivity index (χ1) is 10.8. The quantitative estimate of drug-likeness (QED) is 0.805. The Hall–Kier alpha value is -1.85. The van der Waals surface area contributed by atoms with Crippen LogP contribution in [0.3, 0.4) is 0 Å². The maximum absolute atomic E-state index is 5.87. The molecular formula is C17H19N3OS. The molecule has 4 rings (SSSR count). The van der Waals surface area contributed by atoms with E-state index in [0.717, 1.165) is 34.8 Å². The van der Waals surface area contributed by atoms with Crippen LogP contribution in [0, 0.1) is 0 Å². The van der Waals surface area contributed by atoms with Gasteiger partial charge in [0.1, 0.15) is 5.75 Å². The fraction of sp³-hybridized carbons (Fsp3) is 0.353. The highest BCUT2D eigenvalue weighted by molar-refractivity contribution is 7.17. The molecule has 2 heterocycles. The summed E-state index contributed by atoms with van der Waals surface area (Å²) in [4.78, 5) is 7.50. The molecule has 0 radical (unpaired) electrons. The van der Waals surface area contributed by atoms with Crippen molar-refractivity contribution in [3.05, 3.63) is 40.5 Å². The predicted octanol–water partition coefficient (Wildman–Crippen LogP) is 3.06. The third-order valence-corrected chi connectivity index (χ3v) is 5.45. The van der Waals surface area contributed by atoms with E-state index < -0.39 is 0 Å². The molecule has 2 N–H and O–H groups in total. The SMILES string of the molecule is COc1ccccc1-c1nc2sc3c(n2c1CCN)CCC3. The number of hydrogen-bond acceptors (Lipinski definition) is 4. The van der Waals surface area contributed by atoms with E-state index in [-0.39, 0.29) is 0 Å². The molecule has 1 aromatic carbocycles. The van der Waals surface area contributed by atoms with E-state index in [4.69, 9.17) is 15.5 Å². The number of nitrogens with zero attached hydrogens (tertiary/aromatic N) is 2. The van der Waals surface area contributed by atoms with Crippen LogP contribution in [0.25, 0.3) is 16.2 Å². The van der Waals surface area contributed by atoms with Gasteiger partial charge in [-0.2, -0.15) is 0 Å². The summed E-state index contributed by atoms with van der Waals surface area (Å²) in [6, 6.07) is 8.08. The Bertz CT molecular complexity index is 834. The van der Waals surface area contributed by atoms with Gasteiger partial charge in [-0.1, -0.05) is 12.1 Å². The minimum atomic E-state index is 0.626. The number of aromatic nitrogens is 2. The number of imidazole rings is 1. The molecule has 1 aliphatic carbocycles. The molecule has 22 heavy (non-hydrogen) atoms. The van der Waals surface area contributed by atoms with Gasteiger partial charge in [0.25, 0.3) is 0 Å². The van der Waals surface area contributed by atoms with Gasteiger partial charge in [0.05, 0.1) is 18.5 Å². The molecule has 1 aliphatic rings. The molecule has 0 aliphatic heterocycles. The summed E-state index contributed by atoms with van der Waals surface area (Å²) in [5.41, 5.74) is 10.6. The molecule has 0 atom stereocenters. The number of para-hydroxylation sites is 1. The van der Waals surface area contributed by atoms with Crippen LogP contribution in [0.2, 0.25) is 0 Å². The maximum atomic E-state index is 5.87. The number of nitrogens with two attached hydrogens (primary N) is 1. The number of ether oxygens (including phenoxy) is 1. The highest BCUT2D eigenvalue weighted by atomic mass is 32.1. The van der Waals surface area contributed by atoms with Crippen LogP contribution in [0.4, 0.5) is 0 Å². The minimum Gasteiger partial charge on any atom is -0.496 e. The molecule has 0 spiro atoms. The monoisotopic (exact) mass is 313 g/mol. The second kappa shape index (κ2) is 5.41. The lowest BCUT2D eigenvalue weighted by Crippen LogP contribution is -2.07. The number of thiazole rings is 1. The number of benzene rings is 1. The van der Waals surface area contributed by atoms with Crippen molar-refractivity contribution in [3.63, 3.8) is 0 Å². The van der Waals surface area contributed by atoms with E-state index in [1.807, 2.05) is 29.5 Å². The summed E-state index contributed by atoms with van der Waals surface area (Å²) in [5.74, 6) is 0.864. The first-order valence-electron chi connectivity index (χ1n) is 7.68. The zero-order valence-corrected chi connectivity index (χ0v) is 13.4. The van der Waals surface area contributed by atoms with Crippen molar-refractivity contribution >= 4 is 16.3 Å². The smallest absolute Gasteiger partial charge is 0.194 e. The van der Waals surface area contributed by atoms with Gasteiger partial charge in [0, 0.05) is 22.6 Å². The molecular weight excluding hydrogens is 294 g/mol. The summed E-state index contributed by atoms with van der Waals surface area (Å²) < 4.78 is 7.87. The van der Waals surface area contributed by atoms with Crippen molar-refractivity contribution in [1.82, 2.24) is 9.38 Å². The average Bonchev–Trinajstić information content (AvgIpc) is 3.19. The Balaban J connectivity index is 1.98. The minimum absolute atomic E-state index is 0.626. The van der Waals surface area contributed by atoms with E-state index in [1.165, 1.54) is 29.1 Å². The Kier molecular flexibility index (Phi) is 3.39. The summed E-state index contributed by atoms with van der Waals surface area (Å²) in [6.45, 7) is 0.626. The fourth-order valence-corrected chi connectivity index (χ4v) is 4.58. The molecule has 4 nitrogen and oxygen atoms in total. The van der Waals surface area contributed by atoms with Crippen molar-refractivity contribution in [2.45, 2.75) is 25.7 Å². The Labute approximate surface area is 133 Å². The third kappa shape index (κ3) is 1.96. The van der Waals surface area contributed by atoms with Gasteiger partial charge in [-0.3, -0.25) is 4.40 Å². The highest BCUT2D eigenvalue weighted by Crippen LogP contribution is 2.38. The van der Waals surface area contributed by atoms with Gasteiger partial charge in [0.2, 0.25) is 0 Å². The molecule has 2 aromatic heterocycles. The molecule has 5 heteroatoms. The molecule has 0 saturated carbocycles. The molecule has 0 bridgehead atoms. The van der Waals surface area contributed by atoms with Crippen molar-refractivity contribution in [1.29, 1.82) is 0 Å². The summed E-state index contributed by atoms with van der Waals surface area (Å²) >= 11 is 1.83. The fourth-order valence-electron chi connectivity index (χ4n) is 3.36. The predicted molar refractivity (Wildman–Crippen MR) is 89.8 cm³/mol. The van der Waals surface area contributed by atoms with Crippen molar-refractivity contribution in [3.8, 4) is 17.0 Å². The molecule has 0 unspecified atom stereocenters. The van der Waals surface area contributed by atoms with Gasteiger partial charge in [-0.25, -0.2) is 4.98 Å². The zero-order chi connectivity index (χ0) is 15.1. The van der Waals surface area contributed by atoms with Crippen molar-refractivity contribution in [2.24, 2.45) is 5.73 Å². The number of rotatable bonds is 4. The Morgan fingerprint density at radius 2 is 2.18 bits per heavy atom. The highest BCUT2D eigenvalue weighted by Gasteiger charge is 2.24. The molecule has 3 aromatic rings. The second-order valence-electron chi connectivity index (χ2n) is 5.59.